The van der Waals surface area contributed by atoms with E-state index in [2.05, 4.69) is 25.8 Å². The number of nitrogens with zero attached hydrogens (tertiary/aromatic N) is 3. The van der Waals surface area contributed by atoms with Crippen LogP contribution in [0.1, 0.15) is 35.5 Å². The Bertz CT molecular complexity index is 965. The van der Waals surface area contributed by atoms with Crippen LogP contribution in [0.4, 0.5) is 5.69 Å². The standard InChI is InChI=1S/C20H19N5O3/c26-17(9-10-18-24-19(25-28-18)14-2-1-11-21-12-14)22-15-5-3-13(4-6-15)20(27)23-16-7-8-16/h1-6,11-12,16H,7-10H2,(H,22,26)(H,23,27). The monoisotopic (exact) mass is 377 g/mol. The fourth-order valence-electron chi connectivity index (χ4n) is 2.61. The summed E-state index contributed by atoms with van der Waals surface area (Å²) in [6, 6.07) is 10.8. The van der Waals surface area contributed by atoms with Gasteiger partial charge in [-0.3, -0.25) is 14.6 Å². The van der Waals surface area contributed by atoms with Crippen LogP contribution in [-0.4, -0.2) is 33.0 Å². The first-order valence-electron chi connectivity index (χ1n) is 9.11. The van der Waals surface area contributed by atoms with E-state index >= 15 is 0 Å². The highest BCUT2D eigenvalue weighted by Crippen LogP contribution is 2.20. The molecule has 3 aromatic rings. The van der Waals surface area contributed by atoms with Crippen molar-refractivity contribution in [1.82, 2.24) is 20.4 Å². The molecular formula is C20H19N5O3. The minimum absolute atomic E-state index is 0.0822. The van der Waals surface area contributed by atoms with E-state index in [1.54, 1.807) is 42.7 Å². The van der Waals surface area contributed by atoms with Gasteiger partial charge in [0.1, 0.15) is 0 Å². The maximum absolute atomic E-state index is 12.1. The Kier molecular flexibility index (Phi) is 5.09. The van der Waals surface area contributed by atoms with E-state index in [0.29, 0.717) is 35.4 Å². The molecule has 0 aliphatic heterocycles. The van der Waals surface area contributed by atoms with Gasteiger partial charge in [-0.1, -0.05) is 5.16 Å². The summed E-state index contributed by atoms with van der Waals surface area (Å²) in [6.07, 6.45) is 5.95. The van der Waals surface area contributed by atoms with Gasteiger partial charge >= 0.3 is 0 Å². The fraction of sp³-hybridized carbons (Fsp3) is 0.250. The van der Waals surface area contributed by atoms with Crippen molar-refractivity contribution in [2.75, 3.05) is 5.32 Å². The number of aryl methyl sites for hydroxylation is 1. The van der Waals surface area contributed by atoms with Crippen LogP contribution in [-0.2, 0) is 11.2 Å². The third kappa shape index (κ3) is 4.59. The van der Waals surface area contributed by atoms with Crippen LogP contribution in [0.2, 0.25) is 0 Å². The molecule has 4 rings (SSSR count). The number of aromatic nitrogens is 3. The van der Waals surface area contributed by atoms with Crippen molar-refractivity contribution in [1.29, 1.82) is 0 Å². The lowest BCUT2D eigenvalue weighted by atomic mass is 10.2. The zero-order valence-corrected chi connectivity index (χ0v) is 15.1. The van der Waals surface area contributed by atoms with Crippen LogP contribution in [0.25, 0.3) is 11.4 Å². The molecule has 1 aliphatic carbocycles. The largest absolute Gasteiger partial charge is 0.349 e. The Morgan fingerprint density at radius 1 is 1.14 bits per heavy atom. The Morgan fingerprint density at radius 3 is 2.68 bits per heavy atom. The lowest BCUT2D eigenvalue weighted by Crippen LogP contribution is -2.25. The van der Waals surface area contributed by atoms with E-state index in [1.807, 2.05) is 6.07 Å². The molecule has 1 aromatic carbocycles. The summed E-state index contributed by atoms with van der Waals surface area (Å²) in [4.78, 5) is 32.4. The van der Waals surface area contributed by atoms with Gasteiger partial charge in [-0.15, -0.1) is 0 Å². The Balaban J connectivity index is 1.27. The summed E-state index contributed by atoms with van der Waals surface area (Å²) < 4.78 is 5.19. The summed E-state index contributed by atoms with van der Waals surface area (Å²) >= 11 is 0. The number of rotatable bonds is 7. The van der Waals surface area contributed by atoms with Crippen LogP contribution in [0.5, 0.6) is 0 Å². The fourth-order valence-corrected chi connectivity index (χ4v) is 2.61. The third-order valence-corrected chi connectivity index (χ3v) is 4.30. The second-order valence-corrected chi connectivity index (χ2v) is 6.63. The molecule has 0 saturated heterocycles. The van der Waals surface area contributed by atoms with Crippen LogP contribution < -0.4 is 10.6 Å². The van der Waals surface area contributed by atoms with Gasteiger partial charge in [-0.05, 0) is 49.2 Å². The average Bonchev–Trinajstić information content (AvgIpc) is 3.40. The van der Waals surface area contributed by atoms with E-state index in [1.165, 1.54) is 0 Å². The SMILES string of the molecule is O=C(CCc1nc(-c2cccnc2)no1)Nc1ccc(C(=O)NC2CC2)cc1. The second-order valence-electron chi connectivity index (χ2n) is 6.63. The quantitative estimate of drug-likeness (QED) is 0.655. The smallest absolute Gasteiger partial charge is 0.251 e. The normalized spacial score (nSPS) is 13.1. The number of carbonyl (C=O) groups is 2. The van der Waals surface area contributed by atoms with E-state index in [4.69, 9.17) is 4.52 Å². The Labute approximate surface area is 161 Å². The first kappa shape index (κ1) is 17.8. The van der Waals surface area contributed by atoms with Gasteiger partial charge in [0.15, 0.2) is 0 Å². The van der Waals surface area contributed by atoms with E-state index in [0.717, 1.165) is 18.4 Å². The van der Waals surface area contributed by atoms with Crippen molar-refractivity contribution in [2.24, 2.45) is 0 Å². The van der Waals surface area contributed by atoms with Crippen molar-refractivity contribution in [2.45, 2.75) is 31.7 Å². The molecule has 1 fully saturated rings. The van der Waals surface area contributed by atoms with Crippen molar-refractivity contribution in [3.05, 3.63) is 60.2 Å². The molecule has 0 spiro atoms. The molecule has 0 atom stereocenters. The van der Waals surface area contributed by atoms with Gasteiger partial charge in [0, 0.05) is 48.1 Å². The maximum Gasteiger partial charge on any atom is 0.251 e. The van der Waals surface area contributed by atoms with E-state index in [-0.39, 0.29) is 18.2 Å². The minimum Gasteiger partial charge on any atom is -0.349 e. The number of pyridine rings is 1. The van der Waals surface area contributed by atoms with Crippen molar-refractivity contribution in [3.63, 3.8) is 0 Å². The summed E-state index contributed by atoms with van der Waals surface area (Å²) in [5.41, 5.74) is 1.97. The van der Waals surface area contributed by atoms with E-state index < -0.39 is 0 Å². The van der Waals surface area contributed by atoms with Gasteiger partial charge in [-0.2, -0.15) is 4.98 Å². The molecule has 2 aromatic heterocycles. The number of hydrogen-bond donors (Lipinski definition) is 2. The molecule has 8 nitrogen and oxygen atoms in total. The second kappa shape index (κ2) is 7.99. The van der Waals surface area contributed by atoms with Gasteiger partial charge in [-0.25, -0.2) is 0 Å². The zero-order chi connectivity index (χ0) is 19.3. The highest BCUT2D eigenvalue weighted by atomic mass is 16.5. The van der Waals surface area contributed by atoms with Crippen molar-refractivity contribution >= 4 is 17.5 Å². The first-order chi connectivity index (χ1) is 13.7. The van der Waals surface area contributed by atoms with Gasteiger partial charge < -0.3 is 15.2 Å². The predicted octanol–water partition coefficient (Wildman–Crippen LogP) is 2.60. The number of hydrogen-bond acceptors (Lipinski definition) is 6. The number of amides is 2. The minimum atomic E-state index is -0.170. The molecule has 2 amide bonds. The molecule has 2 N–H and O–H groups in total. The molecule has 8 heteroatoms. The van der Waals surface area contributed by atoms with Gasteiger partial charge in [0.05, 0.1) is 0 Å². The average molecular weight is 377 g/mol. The van der Waals surface area contributed by atoms with Crippen LogP contribution in [0, 0.1) is 0 Å². The van der Waals surface area contributed by atoms with Gasteiger partial charge in [0.2, 0.25) is 17.6 Å². The van der Waals surface area contributed by atoms with Crippen LogP contribution in [0.15, 0.2) is 53.3 Å². The van der Waals surface area contributed by atoms with E-state index in [9.17, 15) is 9.59 Å². The number of carbonyl (C=O) groups excluding carboxylic acids is 2. The summed E-state index contributed by atoms with van der Waals surface area (Å²) in [7, 11) is 0. The molecule has 0 bridgehead atoms. The summed E-state index contributed by atoms with van der Waals surface area (Å²) in [5, 5.41) is 9.63. The molecule has 0 radical (unpaired) electrons. The van der Waals surface area contributed by atoms with Gasteiger partial charge in [0.25, 0.3) is 5.91 Å². The van der Waals surface area contributed by atoms with Crippen molar-refractivity contribution in [3.8, 4) is 11.4 Å². The number of nitrogens with one attached hydrogen (secondary N) is 2. The first-order valence-corrected chi connectivity index (χ1v) is 9.11. The Morgan fingerprint density at radius 2 is 1.96 bits per heavy atom. The molecule has 1 aliphatic rings. The summed E-state index contributed by atoms with van der Waals surface area (Å²) in [5.74, 6) is 0.585. The number of anilines is 1. The third-order valence-electron chi connectivity index (χ3n) is 4.30. The molecule has 2 heterocycles. The highest BCUT2D eigenvalue weighted by molar-refractivity contribution is 5.96. The highest BCUT2D eigenvalue weighted by Gasteiger charge is 2.23. The molecule has 0 unspecified atom stereocenters. The summed E-state index contributed by atoms with van der Waals surface area (Å²) in [6.45, 7) is 0. The predicted molar refractivity (Wildman–Crippen MR) is 101 cm³/mol. The Hall–Kier alpha value is -3.55. The molecular weight excluding hydrogens is 358 g/mol. The lowest BCUT2D eigenvalue weighted by Gasteiger charge is -2.06. The number of benzene rings is 1. The van der Waals surface area contributed by atoms with Crippen LogP contribution in [0.3, 0.4) is 0 Å². The molecule has 1 saturated carbocycles. The molecule has 28 heavy (non-hydrogen) atoms. The van der Waals surface area contributed by atoms with Crippen molar-refractivity contribution < 1.29 is 14.1 Å². The van der Waals surface area contributed by atoms with Crippen LogP contribution >= 0.6 is 0 Å². The zero-order valence-electron chi connectivity index (χ0n) is 15.1. The topological polar surface area (TPSA) is 110 Å². The maximum atomic E-state index is 12.1. The lowest BCUT2D eigenvalue weighted by molar-refractivity contribution is -0.116. The molecule has 142 valence electrons.